The molecule has 2 N–H and O–H groups in total. The first-order chi connectivity index (χ1) is 9.58. The van der Waals surface area contributed by atoms with Crippen LogP contribution in [0.2, 0.25) is 0 Å². The second-order valence-corrected chi connectivity index (χ2v) is 5.81. The molecule has 0 bridgehead atoms. The standard InChI is InChI=1S/C16H25N3O.ClH/c1-12(2)14-6-4-5-7-15(14)18-16(20)11-19-9-8-17-10-13(19)3;/h4-7,12-13,17H,8-11H2,1-3H3,(H,18,20);1H. The van der Waals surface area contributed by atoms with E-state index in [1.165, 1.54) is 5.56 Å². The topological polar surface area (TPSA) is 44.4 Å². The molecule has 21 heavy (non-hydrogen) atoms. The fraction of sp³-hybridized carbons (Fsp3) is 0.562. The lowest BCUT2D eigenvalue weighted by atomic mass is 10.0. The first kappa shape index (κ1) is 18.0. The number of halogens is 1. The average Bonchev–Trinajstić information content (AvgIpc) is 2.41. The van der Waals surface area contributed by atoms with E-state index in [0.717, 1.165) is 25.3 Å². The molecule has 1 fully saturated rings. The third kappa shape index (κ3) is 4.99. The van der Waals surface area contributed by atoms with E-state index in [0.29, 0.717) is 18.5 Å². The molecule has 4 nitrogen and oxygen atoms in total. The number of amides is 1. The van der Waals surface area contributed by atoms with E-state index in [4.69, 9.17) is 0 Å². The van der Waals surface area contributed by atoms with Crippen molar-refractivity contribution in [1.29, 1.82) is 0 Å². The molecule has 1 amide bonds. The number of nitrogens with one attached hydrogen (secondary N) is 2. The molecule has 1 atom stereocenters. The minimum Gasteiger partial charge on any atom is -0.325 e. The van der Waals surface area contributed by atoms with Crippen LogP contribution in [-0.4, -0.2) is 43.0 Å². The first-order valence-electron chi connectivity index (χ1n) is 7.41. The minimum atomic E-state index is 0. The number of hydrogen-bond donors (Lipinski definition) is 2. The molecular formula is C16H26ClN3O. The number of rotatable bonds is 4. The van der Waals surface area contributed by atoms with Gasteiger partial charge in [-0.1, -0.05) is 32.0 Å². The molecule has 1 heterocycles. The van der Waals surface area contributed by atoms with E-state index < -0.39 is 0 Å². The van der Waals surface area contributed by atoms with E-state index in [2.05, 4.69) is 42.4 Å². The number of nitrogens with zero attached hydrogens (tertiary/aromatic N) is 1. The molecule has 1 aliphatic rings. The first-order valence-corrected chi connectivity index (χ1v) is 7.41. The van der Waals surface area contributed by atoms with Crippen LogP contribution in [0.4, 0.5) is 5.69 Å². The van der Waals surface area contributed by atoms with Crippen molar-refractivity contribution in [2.75, 3.05) is 31.5 Å². The van der Waals surface area contributed by atoms with Gasteiger partial charge in [-0.3, -0.25) is 9.69 Å². The zero-order valence-corrected chi connectivity index (χ0v) is 13.9. The largest absolute Gasteiger partial charge is 0.325 e. The Morgan fingerprint density at radius 2 is 2.14 bits per heavy atom. The maximum Gasteiger partial charge on any atom is 0.238 e. The Bertz CT molecular complexity index is 465. The molecular weight excluding hydrogens is 286 g/mol. The van der Waals surface area contributed by atoms with Gasteiger partial charge in [0.25, 0.3) is 0 Å². The number of carbonyl (C=O) groups excluding carboxylic acids is 1. The van der Waals surface area contributed by atoms with Crippen molar-refractivity contribution in [3.63, 3.8) is 0 Å². The molecule has 118 valence electrons. The van der Waals surface area contributed by atoms with Crippen LogP contribution in [0.1, 0.15) is 32.3 Å². The third-order valence-corrected chi connectivity index (χ3v) is 3.84. The summed E-state index contributed by atoms with van der Waals surface area (Å²) in [5, 5.41) is 6.40. The number of piperazine rings is 1. The summed E-state index contributed by atoms with van der Waals surface area (Å²) in [7, 11) is 0. The molecule has 0 aliphatic carbocycles. The lowest BCUT2D eigenvalue weighted by Gasteiger charge is -2.33. The van der Waals surface area contributed by atoms with Crippen molar-refractivity contribution in [1.82, 2.24) is 10.2 Å². The van der Waals surface area contributed by atoms with Crippen molar-refractivity contribution in [3.05, 3.63) is 29.8 Å². The molecule has 1 unspecified atom stereocenters. The Labute approximate surface area is 133 Å². The van der Waals surface area contributed by atoms with Crippen LogP contribution in [0.3, 0.4) is 0 Å². The molecule has 1 aromatic rings. The average molecular weight is 312 g/mol. The maximum absolute atomic E-state index is 12.2. The van der Waals surface area contributed by atoms with E-state index in [1.54, 1.807) is 0 Å². The predicted octanol–water partition coefficient (Wildman–Crippen LogP) is 2.46. The highest BCUT2D eigenvalue weighted by atomic mass is 35.5. The van der Waals surface area contributed by atoms with Gasteiger partial charge in [-0.15, -0.1) is 12.4 Å². The van der Waals surface area contributed by atoms with Crippen molar-refractivity contribution in [3.8, 4) is 0 Å². The second-order valence-electron chi connectivity index (χ2n) is 5.81. The summed E-state index contributed by atoms with van der Waals surface area (Å²) in [6.07, 6.45) is 0. The van der Waals surface area contributed by atoms with Crippen LogP contribution in [0.25, 0.3) is 0 Å². The number of hydrogen-bond acceptors (Lipinski definition) is 3. The van der Waals surface area contributed by atoms with Crippen molar-refractivity contribution >= 4 is 24.0 Å². The van der Waals surface area contributed by atoms with Gasteiger partial charge in [0.05, 0.1) is 6.54 Å². The molecule has 5 heteroatoms. The summed E-state index contributed by atoms with van der Waals surface area (Å²) in [6, 6.07) is 8.45. The van der Waals surface area contributed by atoms with Gasteiger partial charge in [0.2, 0.25) is 5.91 Å². The SMILES string of the molecule is CC(C)c1ccccc1NC(=O)CN1CCNCC1C.Cl. The number of para-hydroxylation sites is 1. The molecule has 1 aromatic carbocycles. The summed E-state index contributed by atoms with van der Waals surface area (Å²) < 4.78 is 0. The molecule has 0 saturated carbocycles. The quantitative estimate of drug-likeness (QED) is 0.898. The van der Waals surface area contributed by atoms with Crippen LogP contribution in [0, 0.1) is 0 Å². The smallest absolute Gasteiger partial charge is 0.238 e. The molecule has 2 rings (SSSR count). The van der Waals surface area contributed by atoms with Gasteiger partial charge in [-0.2, -0.15) is 0 Å². The molecule has 0 aromatic heterocycles. The van der Waals surface area contributed by atoms with Gasteiger partial charge in [-0.25, -0.2) is 0 Å². The molecule has 1 saturated heterocycles. The summed E-state index contributed by atoms with van der Waals surface area (Å²) in [6.45, 7) is 9.75. The van der Waals surface area contributed by atoms with Crippen LogP contribution >= 0.6 is 12.4 Å². The van der Waals surface area contributed by atoms with Crippen molar-refractivity contribution < 1.29 is 4.79 Å². The van der Waals surface area contributed by atoms with Crippen LogP contribution < -0.4 is 10.6 Å². The summed E-state index contributed by atoms with van der Waals surface area (Å²) in [5.41, 5.74) is 2.13. The summed E-state index contributed by atoms with van der Waals surface area (Å²) in [5.74, 6) is 0.483. The van der Waals surface area contributed by atoms with E-state index in [-0.39, 0.29) is 18.3 Å². The Hall–Kier alpha value is -1.10. The monoisotopic (exact) mass is 311 g/mol. The van der Waals surface area contributed by atoms with E-state index >= 15 is 0 Å². The zero-order chi connectivity index (χ0) is 14.5. The van der Waals surface area contributed by atoms with Gasteiger partial charge in [0.1, 0.15) is 0 Å². The number of carbonyl (C=O) groups is 1. The highest BCUT2D eigenvalue weighted by Gasteiger charge is 2.20. The summed E-state index contributed by atoms with van der Waals surface area (Å²) >= 11 is 0. The number of benzene rings is 1. The zero-order valence-electron chi connectivity index (χ0n) is 13.1. The van der Waals surface area contributed by atoms with Crippen molar-refractivity contribution in [2.24, 2.45) is 0 Å². The Morgan fingerprint density at radius 3 is 2.81 bits per heavy atom. The van der Waals surface area contributed by atoms with Gasteiger partial charge in [-0.05, 0) is 24.5 Å². The lowest BCUT2D eigenvalue weighted by molar-refractivity contribution is -0.118. The molecule has 0 spiro atoms. The van der Waals surface area contributed by atoms with Gasteiger partial charge in [0.15, 0.2) is 0 Å². The number of anilines is 1. The second kappa shape index (κ2) is 8.37. The van der Waals surface area contributed by atoms with Gasteiger partial charge < -0.3 is 10.6 Å². The lowest BCUT2D eigenvalue weighted by Crippen LogP contribution is -2.52. The third-order valence-electron chi connectivity index (χ3n) is 3.84. The fourth-order valence-corrected chi connectivity index (χ4v) is 2.61. The van der Waals surface area contributed by atoms with E-state index in [1.807, 2.05) is 18.2 Å². The normalized spacial score (nSPS) is 19.1. The van der Waals surface area contributed by atoms with Crippen LogP contribution in [-0.2, 0) is 4.79 Å². The van der Waals surface area contributed by atoms with E-state index in [9.17, 15) is 4.79 Å². The molecule has 1 aliphatic heterocycles. The maximum atomic E-state index is 12.2. The Balaban J connectivity index is 0.00000220. The van der Waals surface area contributed by atoms with Crippen LogP contribution in [0.5, 0.6) is 0 Å². The highest BCUT2D eigenvalue weighted by molar-refractivity contribution is 5.93. The summed E-state index contributed by atoms with van der Waals surface area (Å²) in [4.78, 5) is 14.5. The minimum absolute atomic E-state index is 0. The predicted molar refractivity (Wildman–Crippen MR) is 90.3 cm³/mol. The Kier molecular flexibility index (Phi) is 7.15. The Morgan fingerprint density at radius 1 is 1.43 bits per heavy atom. The van der Waals surface area contributed by atoms with Crippen LogP contribution in [0.15, 0.2) is 24.3 Å². The fourth-order valence-electron chi connectivity index (χ4n) is 2.61. The van der Waals surface area contributed by atoms with Gasteiger partial charge >= 0.3 is 0 Å². The van der Waals surface area contributed by atoms with Gasteiger partial charge in [0, 0.05) is 31.4 Å². The highest BCUT2D eigenvalue weighted by Crippen LogP contribution is 2.23. The van der Waals surface area contributed by atoms with Crippen molar-refractivity contribution in [2.45, 2.75) is 32.7 Å². The molecule has 0 radical (unpaired) electrons.